The molecule has 2 fully saturated rings. The molecule has 4 aliphatic carbocycles. The Morgan fingerprint density at radius 2 is 1.82 bits per heavy atom. The van der Waals surface area contributed by atoms with E-state index in [9.17, 15) is 5.11 Å². The maximum absolute atomic E-state index is 10.2. The van der Waals surface area contributed by atoms with E-state index in [0.717, 1.165) is 36.5 Å². The lowest BCUT2D eigenvalue weighted by atomic mass is 9.50. The van der Waals surface area contributed by atoms with Crippen LogP contribution in [-0.4, -0.2) is 11.2 Å². The second-order valence-corrected chi connectivity index (χ2v) is 11.7. The van der Waals surface area contributed by atoms with Gasteiger partial charge in [-0.3, -0.25) is 0 Å². The van der Waals surface area contributed by atoms with E-state index < -0.39 is 0 Å². The quantitative estimate of drug-likeness (QED) is 0.504. The summed E-state index contributed by atoms with van der Waals surface area (Å²) in [6, 6.07) is 0. The van der Waals surface area contributed by atoms with Crippen LogP contribution < -0.4 is 0 Å². The molecule has 0 heterocycles. The average molecular weight is 385 g/mol. The van der Waals surface area contributed by atoms with Gasteiger partial charge in [-0.1, -0.05) is 57.9 Å². The zero-order valence-electron chi connectivity index (χ0n) is 19.1. The predicted octanol–water partition coefficient (Wildman–Crippen LogP) is 7.31. The van der Waals surface area contributed by atoms with Crippen LogP contribution >= 0.6 is 0 Å². The van der Waals surface area contributed by atoms with Crippen LogP contribution in [0.15, 0.2) is 23.3 Å². The molecule has 2 saturated carbocycles. The second kappa shape index (κ2) is 7.60. The molecule has 4 aliphatic rings. The Bertz CT molecular complexity index is 643. The average Bonchev–Trinajstić information content (AvgIpc) is 2.99. The molecule has 1 N–H and O–H groups in total. The molecular formula is C27H44O. The third-order valence-corrected chi connectivity index (χ3v) is 9.72. The van der Waals surface area contributed by atoms with Crippen molar-refractivity contribution < 1.29 is 5.11 Å². The molecule has 7 atom stereocenters. The summed E-state index contributed by atoms with van der Waals surface area (Å²) in [5.74, 6) is 3.91. The molecule has 0 unspecified atom stereocenters. The van der Waals surface area contributed by atoms with E-state index in [2.05, 4.69) is 46.8 Å². The van der Waals surface area contributed by atoms with Gasteiger partial charge in [-0.05, 0) is 105 Å². The topological polar surface area (TPSA) is 20.2 Å². The molecule has 0 radical (unpaired) electrons. The SMILES string of the molecule is CC(C)C/C=C/[C@@H](C)[C@H]1CC[C@H]2C3=C(CC[C@]12C)[C@@]1(C)CC[C@H](O)C[C@@H]1CC3. The van der Waals surface area contributed by atoms with Gasteiger partial charge in [0.25, 0.3) is 0 Å². The van der Waals surface area contributed by atoms with E-state index in [0.29, 0.717) is 16.7 Å². The normalized spacial score (nSPS) is 44.5. The first-order chi connectivity index (χ1) is 13.3. The number of aliphatic hydroxyl groups is 1. The molecule has 4 rings (SSSR count). The Hall–Kier alpha value is -0.560. The van der Waals surface area contributed by atoms with Gasteiger partial charge in [0, 0.05) is 0 Å². The smallest absolute Gasteiger partial charge is 0.0543 e. The van der Waals surface area contributed by atoms with Crippen molar-refractivity contribution in [2.45, 2.75) is 105 Å². The van der Waals surface area contributed by atoms with Gasteiger partial charge < -0.3 is 5.11 Å². The van der Waals surface area contributed by atoms with Crippen LogP contribution in [0.3, 0.4) is 0 Å². The van der Waals surface area contributed by atoms with Crippen LogP contribution in [0.5, 0.6) is 0 Å². The first-order valence-corrected chi connectivity index (χ1v) is 12.3. The zero-order chi connectivity index (χ0) is 20.1. The maximum atomic E-state index is 10.2. The van der Waals surface area contributed by atoms with E-state index in [1.54, 1.807) is 0 Å². The van der Waals surface area contributed by atoms with Gasteiger partial charge in [-0.15, -0.1) is 0 Å². The van der Waals surface area contributed by atoms with Crippen molar-refractivity contribution in [1.82, 2.24) is 0 Å². The molecule has 0 aliphatic heterocycles. The van der Waals surface area contributed by atoms with Gasteiger partial charge in [0.15, 0.2) is 0 Å². The van der Waals surface area contributed by atoms with E-state index >= 15 is 0 Å². The number of hydrogen-bond acceptors (Lipinski definition) is 1. The predicted molar refractivity (Wildman–Crippen MR) is 119 cm³/mol. The van der Waals surface area contributed by atoms with E-state index in [4.69, 9.17) is 0 Å². The first-order valence-electron chi connectivity index (χ1n) is 12.3. The monoisotopic (exact) mass is 384 g/mol. The summed E-state index contributed by atoms with van der Waals surface area (Å²) in [4.78, 5) is 0. The largest absolute Gasteiger partial charge is 0.393 e. The van der Waals surface area contributed by atoms with E-state index in [1.165, 1.54) is 51.4 Å². The van der Waals surface area contributed by atoms with Crippen LogP contribution in [0.4, 0.5) is 0 Å². The van der Waals surface area contributed by atoms with Crippen LogP contribution in [0.25, 0.3) is 0 Å². The van der Waals surface area contributed by atoms with Crippen LogP contribution in [0.2, 0.25) is 0 Å². The Morgan fingerprint density at radius 1 is 1.04 bits per heavy atom. The molecule has 0 saturated heterocycles. The van der Waals surface area contributed by atoms with Gasteiger partial charge in [-0.25, -0.2) is 0 Å². The number of aliphatic hydroxyl groups excluding tert-OH is 1. The van der Waals surface area contributed by atoms with Crippen LogP contribution in [-0.2, 0) is 0 Å². The second-order valence-electron chi connectivity index (χ2n) is 11.7. The van der Waals surface area contributed by atoms with Crippen LogP contribution in [0, 0.1) is 40.4 Å². The van der Waals surface area contributed by atoms with E-state index in [-0.39, 0.29) is 6.10 Å². The highest BCUT2D eigenvalue weighted by Crippen LogP contribution is 2.65. The third-order valence-electron chi connectivity index (χ3n) is 9.72. The van der Waals surface area contributed by atoms with Crippen molar-refractivity contribution >= 4 is 0 Å². The molecule has 28 heavy (non-hydrogen) atoms. The third kappa shape index (κ3) is 3.34. The molecule has 0 amide bonds. The summed E-state index contributed by atoms with van der Waals surface area (Å²) < 4.78 is 0. The number of allylic oxidation sites excluding steroid dienone is 4. The molecular weight excluding hydrogens is 340 g/mol. The molecule has 0 aromatic carbocycles. The van der Waals surface area contributed by atoms with Gasteiger partial charge in [0.2, 0.25) is 0 Å². The summed E-state index contributed by atoms with van der Waals surface area (Å²) >= 11 is 0. The molecule has 1 heteroatoms. The zero-order valence-corrected chi connectivity index (χ0v) is 19.1. The van der Waals surface area contributed by atoms with Gasteiger partial charge >= 0.3 is 0 Å². The Balaban J connectivity index is 1.56. The summed E-state index contributed by atoms with van der Waals surface area (Å²) in [6.07, 6.45) is 17.7. The fourth-order valence-electron chi connectivity index (χ4n) is 8.04. The van der Waals surface area contributed by atoms with E-state index in [1.807, 2.05) is 11.1 Å². The molecule has 0 aromatic heterocycles. The standard InChI is InChI=1S/C27H44O/c1-18(2)7-6-8-19(3)23-11-12-24-22-10-9-20-17-21(28)13-15-26(20,4)25(22)14-16-27(23,24)5/h6,8,18-21,23-24,28H,7,9-17H2,1-5H3/b8-6+/t19-,20+,21+,23-,24+,26+,27-/m1/s1. The highest BCUT2D eigenvalue weighted by Gasteiger charge is 2.55. The maximum Gasteiger partial charge on any atom is 0.0543 e. The van der Waals surface area contributed by atoms with Gasteiger partial charge in [-0.2, -0.15) is 0 Å². The molecule has 0 bridgehead atoms. The minimum atomic E-state index is -0.0385. The van der Waals surface area contributed by atoms with Crippen molar-refractivity contribution in [2.24, 2.45) is 40.4 Å². The lowest BCUT2D eigenvalue weighted by Crippen LogP contribution is -2.45. The Labute approximate surface area is 174 Å². The van der Waals surface area contributed by atoms with Crippen molar-refractivity contribution in [3.05, 3.63) is 23.3 Å². The summed E-state index contributed by atoms with van der Waals surface area (Å²) in [7, 11) is 0. The summed E-state index contributed by atoms with van der Waals surface area (Å²) in [5, 5.41) is 10.2. The molecule has 0 aromatic rings. The first kappa shape index (κ1) is 20.7. The van der Waals surface area contributed by atoms with Gasteiger partial charge in [0.1, 0.15) is 0 Å². The highest BCUT2D eigenvalue weighted by atomic mass is 16.3. The fraction of sp³-hybridized carbons (Fsp3) is 0.852. The fourth-order valence-corrected chi connectivity index (χ4v) is 8.04. The minimum Gasteiger partial charge on any atom is -0.393 e. The van der Waals surface area contributed by atoms with Crippen molar-refractivity contribution in [3.63, 3.8) is 0 Å². The summed E-state index contributed by atoms with van der Waals surface area (Å²) in [6.45, 7) is 12.3. The van der Waals surface area contributed by atoms with Gasteiger partial charge in [0.05, 0.1) is 6.10 Å². The number of fused-ring (bicyclic) bond motifs is 4. The number of rotatable bonds is 4. The summed E-state index contributed by atoms with van der Waals surface area (Å²) in [5.41, 5.74) is 4.67. The molecule has 1 nitrogen and oxygen atoms in total. The lowest BCUT2D eigenvalue weighted by Gasteiger charge is -2.55. The van der Waals surface area contributed by atoms with Crippen molar-refractivity contribution in [2.75, 3.05) is 0 Å². The Morgan fingerprint density at radius 3 is 2.57 bits per heavy atom. The van der Waals surface area contributed by atoms with Crippen molar-refractivity contribution in [3.8, 4) is 0 Å². The molecule has 0 spiro atoms. The van der Waals surface area contributed by atoms with Crippen molar-refractivity contribution in [1.29, 1.82) is 0 Å². The number of hydrogen-bond donors (Lipinski definition) is 1. The Kier molecular flexibility index (Phi) is 5.62. The van der Waals surface area contributed by atoms with Crippen LogP contribution in [0.1, 0.15) is 98.8 Å². The molecule has 158 valence electrons. The highest BCUT2D eigenvalue weighted by molar-refractivity contribution is 5.34. The lowest BCUT2D eigenvalue weighted by molar-refractivity contribution is 0.0145. The minimum absolute atomic E-state index is 0.0385.